The first-order valence-electron chi connectivity index (χ1n) is 8.21. The molecule has 1 saturated carbocycles. The van der Waals surface area contributed by atoms with Gasteiger partial charge in [-0.05, 0) is 48.8 Å². The van der Waals surface area contributed by atoms with Gasteiger partial charge in [-0.15, -0.1) is 0 Å². The zero-order chi connectivity index (χ0) is 14.9. The van der Waals surface area contributed by atoms with E-state index in [-0.39, 0.29) is 5.54 Å². The number of nitrogens with two attached hydrogens (primary N) is 1. The summed E-state index contributed by atoms with van der Waals surface area (Å²) >= 11 is 0. The van der Waals surface area contributed by atoms with Crippen LogP contribution in [-0.4, -0.2) is 4.98 Å². The molecule has 2 atom stereocenters. The number of nitrogens with zero attached hydrogens (tertiary/aromatic N) is 1. The second-order valence-corrected chi connectivity index (χ2v) is 7.16. The van der Waals surface area contributed by atoms with Crippen molar-refractivity contribution in [2.24, 2.45) is 17.6 Å². The first-order valence-corrected chi connectivity index (χ1v) is 8.21. The normalized spacial score (nSPS) is 26.4. The fraction of sp³-hybridized carbons (Fsp3) is 0.526. The van der Waals surface area contributed by atoms with Crippen LogP contribution in [-0.2, 0) is 5.54 Å². The number of hydrogen-bond donors (Lipinski definition) is 1. The molecular weight excluding hydrogens is 256 g/mol. The number of rotatable bonds is 3. The fourth-order valence-electron chi connectivity index (χ4n) is 3.90. The van der Waals surface area contributed by atoms with E-state index in [9.17, 15) is 0 Å². The van der Waals surface area contributed by atoms with Crippen LogP contribution >= 0.6 is 0 Å². The molecule has 1 aliphatic carbocycles. The van der Waals surface area contributed by atoms with Gasteiger partial charge in [0, 0.05) is 17.1 Å². The van der Waals surface area contributed by atoms with E-state index in [0.29, 0.717) is 0 Å². The lowest BCUT2D eigenvalue weighted by Crippen LogP contribution is -2.41. The number of para-hydroxylation sites is 1. The summed E-state index contributed by atoms with van der Waals surface area (Å²) in [6.07, 6.45) is 8.05. The topological polar surface area (TPSA) is 38.9 Å². The lowest BCUT2D eigenvalue weighted by molar-refractivity contribution is 0.202. The average molecular weight is 282 g/mol. The summed E-state index contributed by atoms with van der Waals surface area (Å²) in [7, 11) is 0. The smallest absolute Gasteiger partial charge is 0.0702 e. The second kappa shape index (κ2) is 5.76. The molecule has 0 radical (unpaired) electrons. The molecule has 0 saturated heterocycles. The van der Waals surface area contributed by atoms with Crippen LogP contribution in [0.5, 0.6) is 0 Å². The fourth-order valence-corrected chi connectivity index (χ4v) is 3.90. The molecule has 1 aromatic carbocycles. The Kier molecular flexibility index (Phi) is 3.99. The van der Waals surface area contributed by atoms with E-state index >= 15 is 0 Å². The Morgan fingerprint density at radius 3 is 2.95 bits per heavy atom. The Morgan fingerprint density at radius 2 is 2.14 bits per heavy atom. The molecule has 2 unspecified atom stereocenters. The van der Waals surface area contributed by atoms with Gasteiger partial charge >= 0.3 is 0 Å². The molecule has 0 aliphatic heterocycles. The van der Waals surface area contributed by atoms with E-state index < -0.39 is 0 Å². The molecule has 21 heavy (non-hydrogen) atoms. The second-order valence-electron chi connectivity index (χ2n) is 7.16. The average Bonchev–Trinajstić information content (AvgIpc) is 2.46. The van der Waals surface area contributed by atoms with Gasteiger partial charge in [-0.2, -0.15) is 0 Å². The maximum atomic E-state index is 6.80. The van der Waals surface area contributed by atoms with Gasteiger partial charge < -0.3 is 5.73 Å². The summed E-state index contributed by atoms with van der Waals surface area (Å²) < 4.78 is 0. The van der Waals surface area contributed by atoms with E-state index in [4.69, 9.17) is 5.73 Å². The van der Waals surface area contributed by atoms with Crippen LogP contribution in [0, 0.1) is 11.8 Å². The highest BCUT2D eigenvalue weighted by molar-refractivity contribution is 5.79. The number of benzene rings is 1. The van der Waals surface area contributed by atoms with Crippen molar-refractivity contribution in [1.82, 2.24) is 4.98 Å². The minimum absolute atomic E-state index is 0.186. The number of fused-ring (bicyclic) bond motifs is 1. The van der Waals surface area contributed by atoms with E-state index in [2.05, 4.69) is 43.1 Å². The molecule has 112 valence electrons. The van der Waals surface area contributed by atoms with Crippen molar-refractivity contribution in [3.05, 3.63) is 42.1 Å². The van der Waals surface area contributed by atoms with E-state index in [1.807, 2.05) is 12.3 Å². The summed E-state index contributed by atoms with van der Waals surface area (Å²) in [5, 5.41) is 1.20. The minimum atomic E-state index is -0.186. The Labute approximate surface area is 127 Å². The van der Waals surface area contributed by atoms with Crippen LogP contribution in [0.1, 0.15) is 51.5 Å². The summed E-state index contributed by atoms with van der Waals surface area (Å²) in [6, 6.07) is 10.5. The zero-order valence-electron chi connectivity index (χ0n) is 13.2. The van der Waals surface area contributed by atoms with Gasteiger partial charge in [0.15, 0.2) is 0 Å². The van der Waals surface area contributed by atoms with Gasteiger partial charge in [0.1, 0.15) is 0 Å². The molecule has 2 aromatic rings. The molecule has 3 rings (SSSR count). The van der Waals surface area contributed by atoms with Crippen molar-refractivity contribution in [3.63, 3.8) is 0 Å². The summed E-state index contributed by atoms with van der Waals surface area (Å²) in [4.78, 5) is 4.61. The number of aromatic nitrogens is 1. The van der Waals surface area contributed by atoms with Crippen molar-refractivity contribution < 1.29 is 0 Å². The van der Waals surface area contributed by atoms with Gasteiger partial charge in [0.05, 0.1) is 5.52 Å². The van der Waals surface area contributed by atoms with E-state index in [0.717, 1.165) is 30.2 Å². The van der Waals surface area contributed by atoms with Crippen LogP contribution in [0.15, 0.2) is 36.5 Å². The number of hydrogen-bond acceptors (Lipinski definition) is 2. The first-order chi connectivity index (χ1) is 10.1. The molecule has 0 amide bonds. The molecule has 1 aromatic heterocycles. The monoisotopic (exact) mass is 282 g/mol. The maximum absolute atomic E-state index is 6.80. The third-order valence-electron chi connectivity index (χ3n) is 4.86. The summed E-state index contributed by atoms with van der Waals surface area (Å²) in [5.74, 6) is 1.52. The van der Waals surface area contributed by atoms with E-state index in [1.54, 1.807) is 0 Å². The Hall–Kier alpha value is -1.41. The van der Waals surface area contributed by atoms with Gasteiger partial charge in [-0.25, -0.2) is 0 Å². The van der Waals surface area contributed by atoms with Crippen LogP contribution < -0.4 is 5.73 Å². The SMILES string of the molecule is CC(C)CC1CCCC(N)(c2cnc3ccccc3c2)C1. The predicted molar refractivity (Wildman–Crippen MR) is 89.0 cm³/mol. The highest BCUT2D eigenvalue weighted by Crippen LogP contribution is 2.40. The standard InChI is InChI=1S/C19H26N2/c1-14(2)10-15-6-5-9-19(20,12-15)17-11-16-7-3-4-8-18(16)21-13-17/h3-4,7-8,11,13-15H,5-6,9-10,12,20H2,1-2H3. The molecule has 2 nitrogen and oxygen atoms in total. The molecular formula is C19H26N2. The lowest BCUT2D eigenvalue weighted by atomic mass is 9.71. The van der Waals surface area contributed by atoms with Crippen molar-refractivity contribution in [1.29, 1.82) is 0 Å². The third kappa shape index (κ3) is 3.11. The van der Waals surface area contributed by atoms with Crippen molar-refractivity contribution in [2.75, 3.05) is 0 Å². The third-order valence-corrected chi connectivity index (χ3v) is 4.86. The van der Waals surface area contributed by atoms with E-state index in [1.165, 1.54) is 30.2 Å². The van der Waals surface area contributed by atoms with Gasteiger partial charge in [-0.1, -0.05) is 44.9 Å². The molecule has 1 fully saturated rings. The van der Waals surface area contributed by atoms with Crippen molar-refractivity contribution in [3.8, 4) is 0 Å². The summed E-state index contributed by atoms with van der Waals surface area (Å²) in [6.45, 7) is 4.62. The molecule has 0 bridgehead atoms. The predicted octanol–water partition coefficient (Wildman–Crippen LogP) is 4.63. The van der Waals surface area contributed by atoms with Crippen LogP contribution in [0.25, 0.3) is 10.9 Å². The van der Waals surface area contributed by atoms with Crippen molar-refractivity contribution in [2.45, 2.75) is 51.5 Å². The van der Waals surface area contributed by atoms with Crippen LogP contribution in [0.4, 0.5) is 0 Å². The van der Waals surface area contributed by atoms with Crippen LogP contribution in [0.3, 0.4) is 0 Å². The highest BCUT2D eigenvalue weighted by atomic mass is 14.8. The quantitative estimate of drug-likeness (QED) is 0.891. The molecule has 0 spiro atoms. The zero-order valence-corrected chi connectivity index (χ0v) is 13.2. The molecule has 1 heterocycles. The minimum Gasteiger partial charge on any atom is -0.321 e. The Morgan fingerprint density at radius 1 is 1.33 bits per heavy atom. The molecule has 2 N–H and O–H groups in total. The van der Waals surface area contributed by atoms with Gasteiger partial charge in [-0.3, -0.25) is 4.98 Å². The first kappa shape index (κ1) is 14.5. The van der Waals surface area contributed by atoms with Crippen LogP contribution in [0.2, 0.25) is 0 Å². The Balaban J connectivity index is 1.88. The largest absolute Gasteiger partial charge is 0.321 e. The lowest BCUT2D eigenvalue weighted by Gasteiger charge is -2.39. The van der Waals surface area contributed by atoms with Crippen molar-refractivity contribution >= 4 is 10.9 Å². The molecule has 2 heteroatoms. The molecule has 1 aliphatic rings. The summed E-state index contributed by atoms with van der Waals surface area (Å²) in [5.41, 5.74) is 8.88. The van der Waals surface area contributed by atoms with Gasteiger partial charge in [0.25, 0.3) is 0 Å². The maximum Gasteiger partial charge on any atom is 0.0702 e. The number of pyridine rings is 1. The highest BCUT2D eigenvalue weighted by Gasteiger charge is 2.34. The van der Waals surface area contributed by atoms with Gasteiger partial charge in [0.2, 0.25) is 0 Å². The Bertz CT molecular complexity index is 620.